The van der Waals surface area contributed by atoms with Crippen LogP contribution in [-0.2, 0) is 9.53 Å². The Labute approximate surface area is 194 Å². The Bertz CT molecular complexity index is 1150. The number of fused-ring (bicyclic) bond motifs is 3. The first-order chi connectivity index (χ1) is 15.3. The lowest BCUT2D eigenvalue weighted by molar-refractivity contribution is -0.133. The van der Waals surface area contributed by atoms with E-state index in [2.05, 4.69) is 21.2 Å². The molecule has 4 rings (SSSR count). The van der Waals surface area contributed by atoms with Crippen molar-refractivity contribution in [3.63, 3.8) is 0 Å². The number of hydrogen-bond acceptors (Lipinski definition) is 5. The number of nitrogens with zero attached hydrogens (tertiary/aromatic N) is 1. The molecule has 1 aliphatic rings. The molecule has 0 saturated carbocycles. The summed E-state index contributed by atoms with van der Waals surface area (Å²) in [6.07, 6.45) is 0. The van der Waals surface area contributed by atoms with E-state index in [0.717, 1.165) is 10.0 Å². The first-order valence-electron chi connectivity index (χ1n) is 10.4. The van der Waals surface area contributed by atoms with Crippen molar-refractivity contribution in [3.05, 3.63) is 64.3 Å². The molecule has 0 unspecified atom stereocenters. The Balaban J connectivity index is 1.69. The van der Waals surface area contributed by atoms with Gasteiger partial charge in [-0.15, -0.1) is 0 Å². The number of halogens is 1. The lowest BCUT2D eigenvalue weighted by atomic mass is 9.98. The Morgan fingerprint density at radius 3 is 2.75 bits per heavy atom. The zero-order valence-corrected chi connectivity index (χ0v) is 19.8. The molecule has 0 saturated heterocycles. The van der Waals surface area contributed by atoms with Gasteiger partial charge in [-0.1, -0.05) is 46.3 Å². The summed E-state index contributed by atoms with van der Waals surface area (Å²) in [5, 5.41) is 3.72. The van der Waals surface area contributed by atoms with Crippen LogP contribution in [0.2, 0.25) is 0 Å². The molecule has 7 nitrogen and oxygen atoms in total. The van der Waals surface area contributed by atoms with Crippen LogP contribution >= 0.6 is 15.9 Å². The Morgan fingerprint density at radius 2 is 2.03 bits per heavy atom. The summed E-state index contributed by atoms with van der Waals surface area (Å²) < 4.78 is 18.0. The van der Waals surface area contributed by atoms with E-state index < -0.39 is 11.4 Å². The molecule has 0 spiro atoms. The topological polar surface area (TPSA) is 81.0 Å². The van der Waals surface area contributed by atoms with Crippen LogP contribution < -0.4 is 10.1 Å². The van der Waals surface area contributed by atoms with Crippen molar-refractivity contribution in [3.8, 4) is 5.75 Å². The van der Waals surface area contributed by atoms with Gasteiger partial charge in [0.1, 0.15) is 12.2 Å². The minimum absolute atomic E-state index is 0.0203. The molecule has 0 bridgehead atoms. The van der Waals surface area contributed by atoms with Gasteiger partial charge in [0, 0.05) is 18.1 Å². The SMILES string of the molecule is COCCN1C(=O)c2oc3cc(Br)ccc3c2OC[C@]1(C)C(=O)N[C@@H](C)c1ccccc1. The Hall–Kier alpha value is -2.84. The highest BCUT2D eigenvalue weighted by atomic mass is 79.9. The van der Waals surface area contributed by atoms with E-state index in [1.807, 2.05) is 49.4 Å². The molecule has 2 aromatic carbocycles. The van der Waals surface area contributed by atoms with Crippen LogP contribution in [0.5, 0.6) is 5.75 Å². The highest BCUT2D eigenvalue weighted by Crippen LogP contribution is 2.39. The summed E-state index contributed by atoms with van der Waals surface area (Å²) in [7, 11) is 1.55. The number of amides is 2. The predicted molar refractivity (Wildman–Crippen MR) is 124 cm³/mol. The molecule has 32 heavy (non-hydrogen) atoms. The zero-order valence-electron chi connectivity index (χ0n) is 18.2. The molecule has 1 N–H and O–H groups in total. The fourth-order valence-electron chi connectivity index (χ4n) is 3.86. The van der Waals surface area contributed by atoms with E-state index in [4.69, 9.17) is 13.9 Å². The molecule has 0 aliphatic carbocycles. The predicted octanol–water partition coefficient (Wildman–Crippen LogP) is 4.31. The molecular weight excluding hydrogens is 476 g/mol. The van der Waals surface area contributed by atoms with Gasteiger partial charge >= 0.3 is 0 Å². The molecule has 2 heterocycles. The van der Waals surface area contributed by atoms with Crippen molar-refractivity contribution in [1.29, 1.82) is 0 Å². The monoisotopic (exact) mass is 500 g/mol. The van der Waals surface area contributed by atoms with Crippen molar-refractivity contribution >= 4 is 38.7 Å². The normalized spacial score (nSPS) is 19.2. The highest BCUT2D eigenvalue weighted by molar-refractivity contribution is 9.10. The van der Waals surface area contributed by atoms with Gasteiger partial charge in [-0.3, -0.25) is 9.59 Å². The highest BCUT2D eigenvalue weighted by Gasteiger charge is 2.48. The fourth-order valence-corrected chi connectivity index (χ4v) is 4.20. The van der Waals surface area contributed by atoms with Gasteiger partial charge in [-0.05, 0) is 37.6 Å². The lowest BCUT2D eigenvalue weighted by Crippen LogP contribution is -2.62. The standard InChI is InChI=1S/C24H25BrN2O5/c1-15(16-7-5-4-6-8-16)26-23(29)24(2)14-31-20-18-10-9-17(25)13-19(18)32-21(20)22(28)27(24)11-12-30-3/h4-10,13,15H,11-12,14H2,1-3H3,(H,26,29)/t15-,24+/m0/s1. The van der Waals surface area contributed by atoms with Gasteiger partial charge in [-0.2, -0.15) is 0 Å². The molecule has 3 aromatic rings. The van der Waals surface area contributed by atoms with Crippen molar-refractivity contribution in [1.82, 2.24) is 10.2 Å². The summed E-state index contributed by atoms with van der Waals surface area (Å²) in [4.78, 5) is 28.6. The number of rotatable bonds is 6. The third-order valence-corrected chi connectivity index (χ3v) is 6.29. The fraction of sp³-hybridized carbons (Fsp3) is 0.333. The molecule has 0 fully saturated rings. The molecule has 8 heteroatoms. The van der Waals surface area contributed by atoms with Crippen LogP contribution in [0.3, 0.4) is 0 Å². The average molecular weight is 501 g/mol. The van der Waals surface area contributed by atoms with E-state index in [0.29, 0.717) is 16.7 Å². The van der Waals surface area contributed by atoms with Crippen molar-refractivity contribution in [2.24, 2.45) is 0 Å². The second-order valence-corrected chi connectivity index (χ2v) is 8.93. The lowest BCUT2D eigenvalue weighted by Gasteiger charge is -2.38. The number of carbonyl (C=O) groups excluding carboxylic acids is 2. The first-order valence-corrected chi connectivity index (χ1v) is 11.2. The summed E-state index contributed by atoms with van der Waals surface area (Å²) in [5.41, 5.74) is 0.245. The number of nitrogens with one attached hydrogen (secondary N) is 1. The van der Waals surface area contributed by atoms with Crippen molar-refractivity contribution in [2.75, 3.05) is 26.9 Å². The largest absolute Gasteiger partial charge is 0.486 e. The van der Waals surface area contributed by atoms with Gasteiger partial charge in [0.05, 0.1) is 18.0 Å². The Kier molecular flexibility index (Phi) is 6.26. The second kappa shape index (κ2) is 8.96. The van der Waals surface area contributed by atoms with Crippen LogP contribution in [0.4, 0.5) is 0 Å². The molecule has 168 valence electrons. The second-order valence-electron chi connectivity index (χ2n) is 8.02. The van der Waals surface area contributed by atoms with Crippen molar-refractivity contribution in [2.45, 2.75) is 25.4 Å². The molecule has 0 radical (unpaired) electrons. The molecule has 2 atom stereocenters. The quantitative estimate of drug-likeness (QED) is 0.545. The van der Waals surface area contributed by atoms with E-state index in [-0.39, 0.29) is 37.5 Å². The minimum atomic E-state index is -1.26. The maximum absolute atomic E-state index is 13.6. The zero-order chi connectivity index (χ0) is 22.9. The van der Waals surface area contributed by atoms with Gasteiger partial charge in [0.15, 0.2) is 11.3 Å². The van der Waals surface area contributed by atoms with Crippen LogP contribution in [-0.4, -0.2) is 49.1 Å². The number of furan rings is 1. The average Bonchev–Trinajstić information content (AvgIpc) is 3.11. The maximum atomic E-state index is 13.6. The summed E-state index contributed by atoms with van der Waals surface area (Å²) in [5.74, 6) is -0.281. The number of hydrogen-bond donors (Lipinski definition) is 1. The maximum Gasteiger partial charge on any atom is 0.294 e. The van der Waals surface area contributed by atoms with Crippen LogP contribution in [0.15, 0.2) is 57.4 Å². The summed E-state index contributed by atoms with van der Waals surface area (Å²) in [6, 6.07) is 14.9. The third kappa shape index (κ3) is 4.00. The summed E-state index contributed by atoms with van der Waals surface area (Å²) >= 11 is 3.42. The first kappa shape index (κ1) is 22.4. The van der Waals surface area contributed by atoms with Gasteiger partial charge in [0.2, 0.25) is 11.7 Å². The van der Waals surface area contributed by atoms with Gasteiger partial charge < -0.3 is 24.1 Å². The molecule has 1 aliphatic heterocycles. The molecule has 1 aromatic heterocycles. The van der Waals surface area contributed by atoms with Crippen LogP contribution in [0.25, 0.3) is 11.0 Å². The third-order valence-electron chi connectivity index (χ3n) is 5.79. The molecular formula is C24H25BrN2O5. The summed E-state index contributed by atoms with van der Waals surface area (Å²) in [6.45, 7) is 4.07. The number of benzene rings is 2. The number of methoxy groups -OCH3 is 1. The number of ether oxygens (including phenoxy) is 2. The van der Waals surface area contributed by atoms with E-state index in [1.165, 1.54) is 4.90 Å². The van der Waals surface area contributed by atoms with Gasteiger partial charge in [-0.25, -0.2) is 0 Å². The number of carbonyl (C=O) groups is 2. The van der Waals surface area contributed by atoms with Crippen LogP contribution in [0, 0.1) is 0 Å². The van der Waals surface area contributed by atoms with Crippen LogP contribution in [0.1, 0.15) is 36.0 Å². The van der Waals surface area contributed by atoms with Gasteiger partial charge in [0.25, 0.3) is 5.91 Å². The van der Waals surface area contributed by atoms with E-state index in [1.54, 1.807) is 20.1 Å². The van der Waals surface area contributed by atoms with Crippen molar-refractivity contribution < 1.29 is 23.5 Å². The van der Waals surface area contributed by atoms with E-state index >= 15 is 0 Å². The molecule has 2 amide bonds. The Morgan fingerprint density at radius 1 is 1.28 bits per heavy atom. The smallest absolute Gasteiger partial charge is 0.294 e. The van der Waals surface area contributed by atoms with E-state index in [9.17, 15) is 9.59 Å². The minimum Gasteiger partial charge on any atom is -0.486 e.